The minimum absolute atomic E-state index is 0.00975. The quantitative estimate of drug-likeness (QED) is 0.183. The number of rotatable bonds is 17. The highest BCUT2D eigenvalue weighted by Crippen LogP contribution is 2.11. The molecule has 0 spiro atoms. The van der Waals surface area contributed by atoms with Gasteiger partial charge in [-0.05, 0) is 19.3 Å². The molecule has 5 N–H and O–H groups in total. The van der Waals surface area contributed by atoms with Crippen LogP contribution < -0.4 is 16.4 Å². The molecule has 0 saturated carbocycles. The first-order chi connectivity index (χ1) is 11.7. The Morgan fingerprint density at radius 2 is 1.21 bits per heavy atom. The molecule has 24 heavy (non-hydrogen) atoms. The van der Waals surface area contributed by atoms with E-state index in [1.54, 1.807) is 0 Å². The molecule has 0 unspecified atom stereocenters. The standard InChI is InChI=1S/C19H40N4O/c1-2-3-4-5-6-7-8-9-10-11-12-15-18(24)22-16-13-14-17-23-19(20)21/h2-17H2,1H3,(H,22,24)(H4,20,21,23). The number of unbranched alkanes of at least 4 members (excludes halogenated alkanes) is 11. The van der Waals surface area contributed by atoms with Crippen LogP contribution in [-0.2, 0) is 4.79 Å². The van der Waals surface area contributed by atoms with Crippen LogP contribution in [0.2, 0.25) is 0 Å². The number of nitrogens with two attached hydrogens (primary N) is 1. The summed E-state index contributed by atoms with van der Waals surface area (Å²) in [4.78, 5) is 11.7. The third-order valence-corrected chi connectivity index (χ3v) is 4.25. The molecule has 5 heteroatoms. The predicted octanol–water partition coefficient (Wildman–Crippen LogP) is 4.07. The molecule has 0 radical (unpaired) electrons. The Morgan fingerprint density at radius 1 is 0.750 bits per heavy atom. The monoisotopic (exact) mass is 340 g/mol. The van der Waals surface area contributed by atoms with Crippen LogP contribution in [-0.4, -0.2) is 25.0 Å². The van der Waals surface area contributed by atoms with E-state index in [-0.39, 0.29) is 11.9 Å². The van der Waals surface area contributed by atoms with Crippen LogP contribution in [0.3, 0.4) is 0 Å². The van der Waals surface area contributed by atoms with Crippen LogP contribution >= 0.6 is 0 Å². The van der Waals surface area contributed by atoms with Crippen LogP contribution in [0.25, 0.3) is 0 Å². The van der Waals surface area contributed by atoms with Crippen molar-refractivity contribution in [2.24, 2.45) is 5.73 Å². The third-order valence-electron chi connectivity index (χ3n) is 4.25. The van der Waals surface area contributed by atoms with Gasteiger partial charge in [0.25, 0.3) is 0 Å². The Kier molecular flexibility index (Phi) is 17.1. The van der Waals surface area contributed by atoms with Gasteiger partial charge in [0.1, 0.15) is 0 Å². The lowest BCUT2D eigenvalue weighted by molar-refractivity contribution is -0.121. The fraction of sp³-hybridized carbons (Fsp3) is 0.895. The molecular weight excluding hydrogens is 300 g/mol. The molecule has 5 nitrogen and oxygen atoms in total. The number of amides is 1. The summed E-state index contributed by atoms with van der Waals surface area (Å²) >= 11 is 0. The van der Waals surface area contributed by atoms with Crippen LogP contribution in [0.15, 0.2) is 0 Å². The van der Waals surface area contributed by atoms with Gasteiger partial charge in [0.15, 0.2) is 5.96 Å². The summed E-state index contributed by atoms with van der Waals surface area (Å²) in [5, 5.41) is 12.7. The first-order valence-corrected chi connectivity index (χ1v) is 10.0. The van der Waals surface area contributed by atoms with E-state index in [0.29, 0.717) is 13.0 Å². The van der Waals surface area contributed by atoms with Gasteiger partial charge >= 0.3 is 0 Å². The van der Waals surface area contributed by atoms with Crippen molar-refractivity contribution in [1.29, 1.82) is 5.41 Å². The maximum absolute atomic E-state index is 11.7. The van der Waals surface area contributed by atoms with Crippen LogP contribution in [0, 0.1) is 5.41 Å². The molecule has 0 aliphatic heterocycles. The van der Waals surface area contributed by atoms with Gasteiger partial charge in [-0.3, -0.25) is 10.2 Å². The molecule has 0 aliphatic rings. The molecule has 142 valence electrons. The van der Waals surface area contributed by atoms with E-state index in [4.69, 9.17) is 11.1 Å². The number of carbonyl (C=O) groups is 1. The highest BCUT2D eigenvalue weighted by molar-refractivity contribution is 5.75. The average Bonchev–Trinajstić information content (AvgIpc) is 2.55. The summed E-state index contributed by atoms with van der Waals surface area (Å²) in [6.45, 7) is 3.68. The van der Waals surface area contributed by atoms with E-state index in [9.17, 15) is 4.79 Å². The summed E-state index contributed by atoms with van der Waals surface area (Å²) in [6, 6.07) is 0. The number of guanidine groups is 1. The summed E-state index contributed by atoms with van der Waals surface area (Å²) < 4.78 is 0. The van der Waals surface area contributed by atoms with Crippen molar-refractivity contribution >= 4 is 11.9 Å². The molecule has 0 saturated heterocycles. The predicted molar refractivity (Wildman–Crippen MR) is 103 cm³/mol. The molecule has 0 rings (SSSR count). The Labute approximate surface area is 149 Å². The largest absolute Gasteiger partial charge is 0.370 e. The molecular formula is C19H40N4O. The first kappa shape index (κ1) is 22.7. The van der Waals surface area contributed by atoms with Crippen LogP contribution in [0.4, 0.5) is 0 Å². The lowest BCUT2D eigenvalue weighted by Crippen LogP contribution is -2.31. The average molecular weight is 341 g/mol. The van der Waals surface area contributed by atoms with E-state index in [1.807, 2.05) is 0 Å². The van der Waals surface area contributed by atoms with Gasteiger partial charge in [-0.1, -0.05) is 71.1 Å². The van der Waals surface area contributed by atoms with Gasteiger partial charge in [-0.15, -0.1) is 0 Å². The Balaban J connectivity index is 3.16. The van der Waals surface area contributed by atoms with Crippen molar-refractivity contribution in [3.05, 3.63) is 0 Å². The third kappa shape index (κ3) is 18.8. The van der Waals surface area contributed by atoms with E-state index in [0.717, 1.165) is 25.8 Å². The van der Waals surface area contributed by atoms with Crippen molar-refractivity contribution < 1.29 is 4.79 Å². The van der Waals surface area contributed by atoms with Gasteiger partial charge in [0.05, 0.1) is 0 Å². The molecule has 1 amide bonds. The van der Waals surface area contributed by atoms with E-state index >= 15 is 0 Å². The van der Waals surface area contributed by atoms with Gasteiger partial charge in [-0.25, -0.2) is 0 Å². The summed E-state index contributed by atoms with van der Waals surface area (Å²) in [6.07, 6.45) is 16.9. The van der Waals surface area contributed by atoms with Gasteiger partial charge in [0, 0.05) is 19.5 Å². The summed E-state index contributed by atoms with van der Waals surface area (Å²) in [7, 11) is 0. The summed E-state index contributed by atoms with van der Waals surface area (Å²) in [5.41, 5.74) is 5.19. The molecule has 0 bridgehead atoms. The topological polar surface area (TPSA) is 91.0 Å². The van der Waals surface area contributed by atoms with Crippen molar-refractivity contribution in [2.45, 2.75) is 96.8 Å². The highest BCUT2D eigenvalue weighted by atomic mass is 16.1. The molecule has 0 fully saturated rings. The molecule has 0 aliphatic carbocycles. The Bertz CT molecular complexity index is 308. The maximum atomic E-state index is 11.7. The Hall–Kier alpha value is -1.26. The minimum atomic E-state index is 0.00975. The fourth-order valence-electron chi connectivity index (χ4n) is 2.74. The molecule has 0 aromatic rings. The second-order valence-electron chi connectivity index (χ2n) is 6.68. The smallest absolute Gasteiger partial charge is 0.219 e. The maximum Gasteiger partial charge on any atom is 0.219 e. The zero-order chi connectivity index (χ0) is 17.9. The normalized spacial score (nSPS) is 10.5. The second-order valence-corrected chi connectivity index (χ2v) is 6.68. The number of hydrogen-bond donors (Lipinski definition) is 4. The van der Waals surface area contributed by atoms with Crippen molar-refractivity contribution in [1.82, 2.24) is 10.6 Å². The lowest BCUT2D eigenvalue weighted by atomic mass is 10.1. The van der Waals surface area contributed by atoms with E-state index < -0.39 is 0 Å². The van der Waals surface area contributed by atoms with Crippen molar-refractivity contribution in [3.8, 4) is 0 Å². The second kappa shape index (κ2) is 18.1. The van der Waals surface area contributed by atoms with Gasteiger partial charge < -0.3 is 16.4 Å². The number of nitrogens with one attached hydrogen (secondary N) is 3. The molecule has 0 aromatic heterocycles. The molecule has 0 heterocycles. The van der Waals surface area contributed by atoms with Gasteiger partial charge in [0.2, 0.25) is 5.91 Å². The van der Waals surface area contributed by atoms with Crippen molar-refractivity contribution in [2.75, 3.05) is 13.1 Å². The Morgan fingerprint density at radius 3 is 1.71 bits per heavy atom. The lowest BCUT2D eigenvalue weighted by Gasteiger charge is -2.06. The SMILES string of the molecule is CCCCCCCCCCCCCC(=O)NCCCCNC(=N)N. The number of carbonyl (C=O) groups excluding carboxylic acids is 1. The molecule has 0 aromatic carbocycles. The number of hydrogen-bond acceptors (Lipinski definition) is 2. The van der Waals surface area contributed by atoms with Crippen LogP contribution in [0.1, 0.15) is 96.8 Å². The zero-order valence-corrected chi connectivity index (χ0v) is 15.8. The van der Waals surface area contributed by atoms with E-state index in [2.05, 4.69) is 17.6 Å². The van der Waals surface area contributed by atoms with E-state index in [1.165, 1.54) is 64.2 Å². The van der Waals surface area contributed by atoms with Crippen molar-refractivity contribution in [3.63, 3.8) is 0 Å². The fourth-order valence-corrected chi connectivity index (χ4v) is 2.74. The van der Waals surface area contributed by atoms with Gasteiger partial charge in [-0.2, -0.15) is 0 Å². The molecule has 0 atom stereocenters. The highest BCUT2D eigenvalue weighted by Gasteiger charge is 2.00. The minimum Gasteiger partial charge on any atom is -0.370 e. The zero-order valence-electron chi connectivity index (χ0n) is 15.8. The first-order valence-electron chi connectivity index (χ1n) is 10.0. The summed E-state index contributed by atoms with van der Waals surface area (Å²) in [5.74, 6) is 0.181. The van der Waals surface area contributed by atoms with Crippen LogP contribution in [0.5, 0.6) is 0 Å².